The van der Waals surface area contributed by atoms with Gasteiger partial charge in [0.05, 0.1) is 29.6 Å². The van der Waals surface area contributed by atoms with Crippen LogP contribution in [0.3, 0.4) is 0 Å². The summed E-state index contributed by atoms with van der Waals surface area (Å²) in [5.74, 6) is -1.71. The lowest BCUT2D eigenvalue weighted by atomic mass is 9.82. The van der Waals surface area contributed by atoms with Crippen molar-refractivity contribution in [1.29, 1.82) is 0 Å². The van der Waals surface area contributed by atoms with Crippen molar-refractivity contribution in [3.8, 4) is 22.8 Å². The van der Waals surface area contributed by atoms with E-state index in [1.54, 1.807) is 39.0 Å². The highest BCUT2D eigenvalue weighted by Crippen LogP contribution is 2.47. The number of hydrogen-bond donors (Lipinski definition) is 1. The molecule has 0 bridgehead atoms. The zero-order chi connectivity index (χ0) is 33.1. The summed E-state index contributed by atoms with van der Waals surface area (Å²) in [5, 5.41) is 11.4. The van der Waals surface area contributed by atoms with Gasteiger partial charge in [0.1, 0.15) is 5.82 Å². The summed E-state index contributed by atoms with van der Waals surface area (Å²) < 4.78 is 46.5. The molecule has 244 valence electrons. The number of aryl methyl sites for hydroxylation is 1. The Morgan fingerprint density at radius 3 is 2.29 bits per heavy atom. The number of aromatic hydroxyl groups is 1. The third-order valence-corrected chi connectivity index (χ3v) is 7.89. The summed E-state index contributed by atoms with van der Waals surface area (Å²) in [6.45, 7) is 16.8. The van der Waals surface area contributed by atoms with Crippen LogP contribution in [-0.4, -0.2) is 47.5 Å². The fraction of sp³-hybridized carbons (Fsp3) is 0.500. The van der Waals surface area contributed by atoms with Gasteiger partial charge in [0.15, 0.2) is 17.7 Å². The lowest BCUT2D eigenvalue weighted by molar-refractivity contribution is -0.171. The normalized spacial score (nSPS) is 15.7. The molecule has 4 rings (SSSR count). The standard InChI is InChI=1S/C36H46F2N2O5/c1-22(2)44-34(42)32(45-35(4,5)6)29-23(3)39-33(41)30(31(29)40-18-16-36(7,8)17-19-40)25-11-14-28(27(38)21-25)43-20-15-24-9-12-26(37)13-10-24/h9-14,21-22,32H,15-20H2,1-8H3,(H,39,41). The Labute approximate surface area is 265 Å². The fourth-order valence-electron chi connectivity index (χ4n) is 5.51. The molecule has 0 radical (unpaired) electrons. The van der Waals surface area contributed by atoms with Crippen molar-refractivity contribution >= 4 is 11.7 Å². The molecule has 0 amide bonds. The Morgan fingerprint density at radius 2 is 1.71 bits per heavy atom. The van der Waals surface area contributed by atoms with Gasteiger partial charge in [-0.3, -0.25) is 0 Å². The number of piperidine rings is 1. The van der Waals surface area contributed by atoms with Gasteiger partial charge in [0, 0.05) is 30.8 Å². The number of carbonyl (C=O) groups is 1. The fourth-order valence-corrected chi connectivity index (χ4v) is 5.51. The highest BCUT2D eigenvalue weighted by molar-refractivity contribution is 5.89. The maximum Gasteiger partial charge on any atom is 0.340 e. The first-order valence-corrected chi connectivity index (χ1v) is 15.6. The number of halogens is 2. The molecular formula is C36H46F2N2O5. The molecule has 7 nitrogen and oxygen atoms in total. The number of anilines is 1. The molecule has 0 spiro atoms. The van der Waals surface area contributed by atoms with E-state index in [0.717, 1.165) is 18.4 Å². The number of nitrogens with zero attached hydrogens (tertiary/aromatic N) is 2. The number of aromatic nitrogens is 1. The van der Waals surface area contributed by atoms with Gasteiger partial charge < -0.3 is 24.2 Å². The molecule has 1 N–H and O–H groups in total. The molecule has 1 aromatic heterocycles. The minimum absolute atomic E-state index is 0.0522. The number of benzene rings is 2. The third kappa shape index (κ3) is 8.72. The molecule has 1 aliphatic heterocycles. The van der Waals surface area contributed by atoms with E-state index < -0.39 is 23.5 Å². The number of pyridine rings is 1. The summed E-state index contributed by atoms with van der Waals surface area (Å²) in [6, 6.07) is 10.6. The second-order valence-electron chi connectivity index (χ2n) is 13.8. The van der Waals surface area contributed by atoms with Gasteiger partial charge in [0.2, 0.25) is 5.88 Å². The van der Waals surface area contributed by atoms with Crippen molar-refractivity contribution in [3.05, 3.63) is 70.9 Å². The van der Waals surface area contributed by atoms with Crippen LogP contribution in [0.5, 0.6) is 11.6 Å². The first-order valence-electron chi connectivity index (χ1n) is 15.6. The van der Waals surface area contributed by atoms with Crippen LogP contribution in [0, 0.1) is 24.0 Å². The van der Waals surface area contributed by atoms with Gasteiger partial charge in [0.25, 0.3) is 0 Å². The van der Waals surface area contributed by atoms with Gasteiger partial charge in [-0.25, -0.2) is 18.6 Å². The van der Waals surface area contributed by atoms with E-state index in [4.69, 9.17) is 14.2 Å². The van der Waals surface area contributed by atoms with E-state index in [0.29, 0.717) is 47.6 Å². The van der Waals surface area contributed by atoms with Gasteiger partial charge in [-0.1, -0.05) is 32.0 Å². The minimum Gasteiger partial charge on any atom is -0.493 e. The van der Waals surface area contributed by atoms with Crippen LogP contribution in [0.15, 0.2) is 42.5 Å². The maximum atomic E-state index is 15.6. The van der Waals surface area contributed by atoms with Gasteiger partial charge in [-0.2, -0.15) is 0 Å². The first-order chi connectivity index (χ1) is 21.0. The van der Waals surface area contributed by atoms with E-state index in [-0.39, 0.29) is 35.6 Å². The molecule has 1 fully saturated rings. The van der Waals surface area contributed by atoms with Crippen LogP contribution >= 0.6 is 0 Å². The van der Waals surface area contributed by atoms with Crippen LogP contribution < -0.4 is 9.64 Å². The molecule has 3 aromatic rings. The van der Waals surface area contributed by atoms with Crippen LogP contribution in [0.25, 0.3) is 11.1 Å². The Bertz CT molecular complexity index is 1490. The number of carbonyl (C=O) groups excluding carboxylic acids is 1. The molecule has 45 heavy (non-hydrogen) atoms. The molecule has 9 heteroatoms. The second-order valence-corrected chi connectivity index (χ2v) is 13.8. The highest BCUT2D eigenvalue weighted by atomic mass is 19.1. The van der Waals surface area contributed by atoms with Gasteiger partial charge >= 0.3 is 5.97 Å². The van der Waals surface area contributed by atoms with Crippen molar-refractivity contribution in [2.24, 2.45) is 5.41 Å². The SMILES string of the molecule is Cc1nc(O)c(-c2ccc(OCCc3ccc(F)cc3)c(F)c2)c(N2CCC(C)(C)CC2)c1C(OC(C)(C)C)C(=O)OC(C)C. The quantitative estimate of drug-likeness (QED) is 0.228. The highest BCUT2D eigenvalue weighted by Gasteiger charge is 2.38. The van der Waals surface area contributed by atoms with Crippen molar-refractivity contribution in [2.75, 3.05) is 24.6 Å². The predicted molar refractivity (Wildman–Crippen MR) is 172 cm³/mol. The summed E-state index contributed by atoms with van der Waals surface area (Å²) in [7, 11) is 0. The second kappa shape index (κ2) is 13.7. The van der Waals surface area contributed by atoms with E-state index >= 15 is 4.39 Å². The van der Waals surface area contributed by atoms with Crippen LogP contribution in [-0.2, 0) is 20.7 Å². The molecule has 1 aliphatic rings. The molecule has 0 saturated carbocycles. The topological polar surface area (TPSA) is 81.1 Å². The molecule has 2 heterocycles. The lowest BCUT2D eigenvalue weighted by Gasteiger charge is -2.41. The Morgan fingerprint density at radius 1 is 1.07 bits per heavy atom. The van der Waals surface area contributed by atoms with Crippen LogP contribution in [0.4, 0.5) is 14.5 Å². The van der Waals surface area contributed by atoms with Crippen molar-refractivity contribution < 1.29 is 32.9 Å². The van der Waals surface area contributed by atoms with E-state index in [1.807, 2.05) is 20.8 Å². The van der Waals surface area contributed by atoms with Gasteiger partial charge in [-0.15, -0.1) is 0 Å². The van der Waals surface area contributed by atoms with Crippen LogP contribution in [0.1, 0.15) is 84.2 Å². The molecule has 1 unspecified atom stereocenters. The molecule has 1 saturated heterocycles. The predicted octanol–water partition coefficient (Wildman–Crippen LogP) is 8.10. The molecular weight excluding hydrogens is 578 g/mol. The Kier molecular flexibility index (Phi) is 10.4. The van der Waals surface area contributed by atoms with Crippen molar-refractivity contribution in [3.63, 3.8) is 0 Å². The summed E-state index contributed by atoms with van der Waals surface area (Å²) in [6.07, 6.45) is 0.722. The number of ether oxygens (including phenoxy) is 3. The summed E-state index contributed by atoms with van der Waals surface area (Å²) >= 11 is 0. The monoisotopic (exact) mass is 624 g/mol. The molecule has 2 aromatic carbocycles. The number of hydrogen-bond acceptors (Lipinski definition) is 7. The summed E-state index contributed by atoms with van der Waals surface area (Å²) in [5.41, 5.74) is 2.46. The molecule has 1 atom stereocenters. The zero-order valence-electron chi connectivity index (χ0n) is 27.7. The Balaban J connectivity index is 1.79. The van der Waals surface area contributed by atoms with E-state index in [1.165, 1.54) is 24.3 Å². The Hall–Kier alpha value is -3.72. The van der Waals surface area contributed by atoms with Crippen molar-refractivity contribution in [1.82, 2.24) is 4.98 Å². The third-order valence-electron chi connectivity index (χ3n) is 7.89. The zero-order valence-corrected chi connectivity index (χ0v) is 27.7. The van der Waals surface area contributed by atoms with Crippen LogP contribution in [0.2, 0.25) is 0 Å². The minimum atomic E-state index is -1.14. The summed E-state index contributed by atoms with van der Waals surface area (Å²) in [4.78, 5) is 20.2. The smallest absolute Gasteiger partial charge is 0.340 e. The average molecular weight is 625 g/mol. The van der Waals surface area contributed by atoms with Crippen molar-refractivity contribution in [2.45, 2.75) is 92.5 Å². The molecule has 0 aliphatic carbocycles. The number of rotatable bonds is 10. The first kappa shape index (κ1) is 34.2. The average Bonchev–Trinajstić information content (AvgIpc) is 2.93. The van der Waals surface area contributed by atoms with Gasteiger partial charge in [-0.05, 0) is 95.2 Å². The lowest BCUT2D eigenvalue weighted by Crippen LogP contribution is -2.39. The largest absolute Gasteiger partial charge is 0.493 e. The number of esters is 1. The maximum absolute atomic E-state index is 15.6. The van der Waals surface area contributed by atoms with E-state index in [9.17, 15) is 14.3 Å². The van der Waals surface area contributed by atoms with E-state index in [2.05, 4.69) is 23.7 Å².